The van der Waals surface area contributed by atoms with Gasteiger partial charge in [0.25, 0.3) is 0 Å². The maximum absolute atomic E-state index is 11.8. The average Bonchev–Trinajstić information content (AvgIpc) is 2.67. The molecule has 2 bridgehead atoms. The molecule has 2 aliphatic carbocycles. The van der Waals surface area contributed by atoms with E-state index < -0.39 is 5.41 Å². The highest BCUT2D eigenvalue weighted by atomic mass is 16.1. The number of fused-ring (bicyclic) bond motifs is 3. The summed E-state index contributed by atoms with van der Waals surface area (Å²) in [6.07, 6.45) is 6.49. The zero-order valence-electron chi connectivity index (χ0n) is 10.2. The van der Waals surface area contributed by atoms with Crippen molar-refractivity contribution in [2.45, 2.75) is 25.7 Å². The Labute approximate surface area is 106 Å². The van der Waals surface area contributed by atoms with Crippen LogP contribution in [0.1, 0.15) is 34.3 Å². The Balaban J connectivity index is 2.06. The molecule has 2 aliphatic rings. The van der Waals surface area contributed by atoms with Crippen molar-refractivity contribution in [3.05, 3.63) is 41.3 Å². The van der Waals surface area contributed by atoms with E-state index in [2.05, 4.69) is 6.42 Å². The smallest absolute Gasteiger partial charge is 0.224 e. The van der Waals surface area contributed by atoms with Crippen LogP contribution in [-0.2, 0) is 17.6 Å². The van der Waals surface area contributed by atoms with Gasteiger partial charge >= 0.3 is 0 Å². The highest BCUT2D eigenvalue weighted by Gasteiger charge is 2.46. The number of amides is 1. The molecule has 0 spiro atoms. The Bertz CT molecular complexity index is 523. The number of carbonyl (C=O) groups is 2. The molecule has 2 N–H and O–H groups in total. The monoisotopic (exact) mass is 242 g/mol. The molecule has 0 aromatic heterocycles. The molecule has 1 aromatic rings. The molecule has 0 aliphatic heterocycles. The standard InChI is InChI=1S/C15H16NO2/c16-14(18)15-4-3-10(7-15)5-12-2-1-11(9-17)6-13(12)8-15/h1-2,6-7,9-10H,3-5,8H2,(H2,16,18). The second-order valence-electron chi connectivity index (χ2n) is 5.51. The van der Waals surface area contributed by atoms with Gasteiger partial charge in [-0.25, -0.2) is 0 Å². The van der Waals surface area contributed by atoms with Crippen molar-refractivity contribution in [1.29, 1.82) is 0 Å². The second-order valence-corrected chi connectivity index (χ2v) is 5.51. The quantitative estimate of drug-likeness (QED) is 0.802. The van der Waals surface area contributed by atoms with Gasteiger partial charge < -0.3 is 5.73 Å². The summed E-state index contributed by atoms with van der Waals surface area (Å²) in [6, 6.07) is 5.77. The number of benzene rings is 1. The van der Waals surface area contributed by atoms with Crippen molar-refractivity contribution in [3.63, 3.8) is 0 Å². The van der Waals surface area contributed by atoms with Gasteiger partial charge in [-0.05, 0) is 55.2 Å². The summed E-state index contributed by atoms with van der Waals surface area (Å²) >= 11 is 0. The van der Waals surface area contributed by atoms with Gasteiger partial charge in [-0.2, -0.15) is 0 Å². The summed E-state index contributed by atoms with van der Waals surface area (Å²) in [5, 5.41) is 0. The van der Waals surface area contributed by atoms with Gasteiger partial charge in [0.1, 0.15) is 6.29 Å². The average molecular weight is 242 g/mol. The number of primary amides is 1. The first-order valence-electron chi connectivity index (χ1n) is 6.36. The fraction of sp³-hybridized carbons (Fsp3) is 0.400. The van der Waals surface area contributed by atoms with Crippen molar-refractivity contribution in [2.24, 2.45) is 17.1 Å². The lowest BCUT2D eigenvalue weighted by Crippen LogP contribution is -2.37. The van der Waals surface area contributed by atoms with E-state index in [9.17, 15) is 9.59 Å². The minimum absolute atomic E-state index is 0.227. The molecule has 3 rings (SSSR count). The van der Waals surface area contributed by atoms with Gasteiger partial charge in [-0.1, -0.05) is 12.1 Å². The van der Waals surface area contributed by atoms with Crippen LogP contribution in [-0.4, -0.2) is 12.2 Å². The third-order valence-electron chi connectivity index (χ3n) is 4.36. The third-order valence-corrected chi connectivity index (χ3v) is 4.36. The lowest BCUT2D eigenvalue weighted by Gasteiger charge is -2.24. The Morgan fingerprint density at radius 2 is 2.22 bits per heavy atom. The zero-order valence-corrected chi connectivity index (χ0v) is 10.2. The summed E-state index contributed by atoms with van der Waals surface area (Å²) < 4.78 is 0. The molecule has 1 fully saturated rings. The zero-order chi connectivity index (χ0) is 12.8. The predicted octanol–water partition coefficient (Wildman–Crippen LogP) is 1.68. The Morgan fingerprint density at radius 1 is 1.39 bits per heavy atom. The summed E-state index contributed by atoms with van der Waals surface area (Å²) in [5.74, 6) is 0.218. The van der Waals surface area contributed by atoms with Gasteiger partial charge in [0.05, 0.1) is 5.41 Å². The minimum Gasteiger partial charge on any atom is -0.369 e. The van der Waals surface area contributed by atoms with Gasteiger partial charge in [-0.3, -0.25) is 9.59 Å². The molecule has 18 heavy (non-hydrogen) atoms. The van der Waals surface area contributed by atoms with E-state index in [-0.39, 0.29) is 5.91 Å². The van der Waals surface area contributed by atoms with E-state index in [4.69, 9.17) is 5.73 Å². The van der Waals surface area contributed by atoms with Crippen molar-refractivity contribution in [3.8, 4) is 0 Å². The summed E-state index contributed by atoms with van der Waals surface area (Å²) in [7, 11) is 0. The SMILES string of the molecule is NC(=O)C12[CH]C(CC1)Cc1ccc(C=O)cc1C2. The Kier molecular flexibility index (Phi) is 2.51. The van der Waals surface area contributed by atoms with E-state index in [0.717, 1.165) is 31.1 Å². The number of nitrogens with two attached hydrogens (primary N) is 1. The van der Waals surface area contributed by atoms with Crippen LogP contribution in [0.15, 0.2) is 18.2 Å². The van der Waals surface area contributed by atoms with Crippen LogP contribution in [0.5, 0.6) is 0 Å². The van der Waals surface area contributed by atoms with E-state index in [1.54, 1.807) is 0 Å². The molecule has 0 saturated heterocycles. The molecule has 0 heterocycles. The maximum atomic E-state index is 11.8. The molecule has 3 nitrogen and oxygen atoms in total. The van der Waals surface area contributed by atoms with Crippen molar-refractivity contribution in [2.75, 3.05) is 0 Å². The largest absolute Gasteiger partial charge is 0.369 e. The molecule has 3 heteroatoms. The molecular weight excluding hydrogens is 226 g/mol. The fourth-order valence-corrected chi connectivity index (χ4v) is 3.37. The van der Waals surface area contributed by atoms with Crippen LogP contribution >= 0.6 is 0 Å². The molecule has 1 amide bonds. The van der Waals surface area contributed by atoms with E-state index in [1.807, 2.05) is 18.2 Å². The second kappa shape index (κ2) is 3.94. The van der Waals surface area contributed by atoms with Gasteiger partial charge in [-0.15, -0.1) is 0 Å². The van der Waals surface area contributed by atoms with Gasteiger partial charge in [0.2, 0.25) is 5.91 Å². The number of carbonyl (C=O) groups excluding carboxylic acids is 2. The fourth-order valence-electron chi connectivity index (χ4n) is 3.37. The molecule has 1 saturated carbocycles. The first-order valence-corrected chi connectivity index (χ1v) is 6.36. The summed E-state index contributed by atoms with van der Waals surface area (Å²) in [5.41, 5.74) is 8.14. The third kappa shape index (κ3) is 1.65. The number of hydrogen-bond donors (Lipinski definition) is 1. The molecule has 2 atom stereocenters. The summed E-state index contributed by atoms with van der Waals surface area (Å²) in [4.78, 5) is 22.6. The predicted molar refractivity (Wildman–Crippen MR) is 67.9 cm³/mol. The van der Waals surface area contributed by atoms with Crippen LogP contribution in [0.25, 0.3) is 0 Å². The number of aldehydes is 1. The van der Waals surface area contributed by atoms with Crippen LogP contribution < -0.4 is 5.73 Å². The van der Waals surface area contributed by atoms with Crippen LogP contribution in [0.2, 0.25) is 0 Å². The Hall–Kier alpha value is -1.64. The topological polar surface area (TPSA) is 60.2 Å². The minimum atomic E-state index is -0.489. The van der Waals surface area contributed by atoms with E-state index in [1.165, 1.54) is 5.56 Å². The maximum Gasteiger partial charge on any atom is 0.224 e. The lowest BCUT2D eigenvalue weighted by atomic mass is 9.79. The normalized spacial score (nSPS) is 29.4. The molecule has 1 aromatic carbocycles. The molecular formula is C15H16NO2. The first-order chi connectivity index (χ1) is 8.63. The van der Waals surface area contributed by atoms with Crippen LogP contribution in [0.3, 0.4) is 0 Å². The number of hydrogen-bond acceptors (Lipinski definition) is 2. The Morgan fingerprint density at radius 3 is 2.94 bits per heavy atom. The summed E-state index contributed by atoms with van der Waals surface area (Å²) in [6.45, 7) is 0. The van der Waals surface area contributed by atoms with Crippen LogP contribution in [0.4, 0.5) is 0 Å². The van der Waals surface area contributed by atoms with E-state index >= 15 is 0 Å². The highest BCUT2D eigenvalue weighted by Crippen LogP contribution is 2.47. The highest BCUT2D eigenvalue weighted by molar-refractivity contribution is 5.84. The molecule has 93 valence electrons. The molecule has 2 unspecified atom stereocenters. The van der Waals surface area contributed by atoms with Gasteiger partial charge in [0, 0.05) is 5.56 Å². The van der Waals surface area contributed by atoms with Crippen molar-refractivity contribution in [1.82, 2.24) is 0 Å². The van der Waals surface area contributed by atoms with Crippen LogP contribution in [0, 0.1) is 17.8 Å². The van der Waals surface area contributed by atoms with E-state index in [0.29, 0.717) is 17.9 Å². The lowest BCUT2D eigenvalue weighted by molar-refractivity contribution is -0.125. The molecule has 1 radical (unpaired) electrons. The first kappa shape index (κ1) is 11.5. The van der Waals surface area contributed by atoms with Crippen molar-refractivity contribution < 1.29 is 9.59 Å². The van der Waals surface area contributed by atoms with Gasteiger partial charge in [0.15, 0.2) is 0 Å². The number of rotatable bonds is 2. The van der Waals surface area contributed by atoms with Crippen molar-refractivity contribution >= 4 is 12.2 Å².